The molecule has 0 unspecified atom stereocenters. The Morgan fingerprint density at radius 3 is 2.65 bits per heavy atom. The lowest BCUT2D eigenvalue weighted by molar-refractivity contribution is 0.0769. The zero-order chi connectivity index (χ0) is 12.7. The van der Waals surface area contributed by atoms with Crippen molar-refractivity contribution in [2.45, 2.75) is 33.1 Å². The monoisotopic (exact) mass is 317 g/mol. The smallest absolute Gasteiger partial charge is 0.263 e. The van der Waals surface area contributed by atoms with Crippen molar-refractivity contribution in [2.24, 2.45) is 0 Å². The van der Waals surface area contributed by atoms with Crippen molar-refractivity contribution in [1.82, 2.24) is 4.90 Å². The number of alkyl halides is 1. The molecule has 0 saturated carbocycles. The van der Waals surface area contributed by atoms with Crippen LogP contribution in [0.1, 0.15) is 41.2 Å². The largest absolute Gasteiger partial charge is 0.337 e. The first-order valence-electron chi connectivity index (χ1n) is 6.16. The molecule has 17 heavy (non-hydrogen) atoms. The predicted molar refractivity (Wildman–Crippen MR) is 78.3 cm³/mol. The van der Waals surface area contributed by atoms with Gasteiger partial charge in [0, 0.05) is 23.3 Å². The second-order valence-electron chi connectivity index (χ2n) is 3.95. The number of nitrogens with zero attached hydrogens (tertiary/aromatic N) is 1. The van der Waals surface area contributed by atoms with E-state index in [4.69, 9.17) is 0 Å². The summed E-state index contributed by atoms with van der Waals surface area (Å²) in [5, 5.41) is 0.842. The van der Waals surface area contributed by atoms with Crippen LogP contribution in [0.15, 0.2) is 12.1 Å². The molecule has 1 aromatic rings. The molecular formula is C13H20BrNOS. The second kappa shape index (κ2) is 7.88. The van der Waals surface area contributed by atoms with Gasteiger partial charge < -0.3 is 4.90 Å². The highest BCUT2D eigenvalue weighted by Gasteiger charge is 2.16. The maximum atomic E-state index is 12.3. The van der Waals surface area contributed by atoms with Gasteiger partial charge in [0.2, 0.25) is 0 Å². The summed E-state index contributed by atoms with van der Waals surface area (Å²) in [5.41, 5.74) is 0. The van der Waals surface area contributed by atoms with Gasteiger partial charge in [0.15, 0.2) is 0 Å². The van der Waals surface area contributed by atoms with Crippen molar-refractivity contribution in [1.29, 1.82) is 0 Å². The van der Waals surface area contributed by atoms with Crippen LogP contribution >= 0.6 is 27.3 Å². The van der Waals surface area contributed by atoms with E-state index in [0.717, 1.165) is 42.6 Å². The van der Waals surface area contributed by atoms with Gasteiger partial charge in [-0.3, -0.25) is 4.79 Å². The SMILES string of the molecule is CCCCN(CCBr)C(=O)c1ccc(CC)s1. The molecule has 0 N–H and O–H groups in total. The third-order valence-electron chi connectivity index (χ3n) is 2.64. The number of hydrogen-bond donors (Lipinski definition) is 0. The van der Waals surface area contributed by atoms with Gasteiger partial charge in [0.05, 0.1) is 4.88 Å². The Hall–Kier alpha value is -0.350. The second-order valence-corrected chi connectivity index (χ2v) is 5.92. The zero-order valence-electron chi connectivity index (χ0n) is 10.5. The molecule has 0 radical (unpaired) electrons. The number of aryl methyl sites for hydroxylation is 1. The van der Waals surface area contributed by atoms with Crippen LogP contribution < -0.4 is 0 Å². The Morgan fingerprint density at radius 2 is 2.12 bits per heavy atom. The molecule has 1 rings (SSSR count). The van der Waals surface area contributed by atoms with Crippen LogP contribution in [-0.2, 0) is 6.42 Å². The molecule has 1 aromatic heterocycles. The Kier molecular flexibility index (Phi) is 6.82. The van der Waals surface area contributed by atoms with Crippen LogP contribution in [0.4, 0.5) is 0 Å². The first-order valence-corrected chi connectivity index (χ1v) is 8.10. The number of unbranched alkanes of at least 4 members (excludes halogenated alkanes) is 1. The summed E-state index contributed by atoms with van der Waals surface area (Å²) >= 11 is 5.03. The molecule has 0 aliphatic carbocycles. The van der Waals surface area contributed by atoms with Gasteiger partial charge in [0.1, 0.15) is 0 Å². The van der Waals surface area contributed by atoms with Gasteiger partial charge in [-0.2, -0.15) is 0 Å². The van der Waals surface area contributed by atoms with Gasteiger partial charge in [-0.25, -0.2) is 0 Å². The quantitative estimate of drug-likeness (QED) is 0.697. The number of carbonyl (C=O) groups excluding carboxylic acids is 1. The standard InChI is InChI=1S/C13H20BrNOS/c1-3-5-9-15(10-8-14)13(16)12-7-6-11(4-2)17-12/h6-7H,3-5,8-10H2,1-2H3. The van der Waals surface area contributed by atoms with Crippen molar-refractivity contribution in [2.75, 3.05) is 18.4 Å². The van der Waals surface area contributed by atoms with Crippen LogP contribution in [0.25, 0.3) is 0 Å². The van der Waals surface area contributed by atoms with Crippen LogP contribution in [0.2, 0.25) is 0 Å². The fourth-order valence-electron chi connectivity index (χ4n) is 1.60. The molecule has 4 heteroatoms. The molecule has 0 aromatic carbocycles. The number of thiophene rings is 1. The maximum Gasteiger partial charge on any atom is 0.263 e. The summed E-state index contributed by atoms with van der Waals surface area (Å²) in [5.74, 6) is 0.183. The zero-order valence-corrected chi connectivity index (χ0v) is 12.9. The minimum Gasteiger partial charge on any atom is -0.337 e. The molecule has 96 valence electrons. The molecule has 0 bridgehead atoms. The minimum atomic E-state index is 0.183. The van der Waals surface area contributed by atoms with Crippen molar-refractivity contribution in [3.8, 4) is 0 Å². The number of hydrogen-bond acceptors (Lipinski definition) is 2. The van der Waals surface area contributed by atoms with Gasteiger partial charge >= 0.3 is 0 Å². The molecule has 0 atom stereocenters. The Balaban J connectivity index is 2.68. The lowest BCUT2D eigenvalue weighted by Crippen LogP contribution is -2.33. The Bertz CT molecular complexity index is 351. The summed E-state index contributed by atoms with van der Waals surface area (Å²) in [6, 6.07) is 4.02. The molecule has 2 nitrogen and oxygen atoms in total. The molecule has 1 amide bonds. The fraction of sp³-hybridized carbons (Fsp3) is 0.615. The first-order chi connectivity index (χ1) is 8.22. The third kappa shape index (κ3) is 4.43. The van der Waals surface area contributed by atoms with E-state index >= 15 is 0 Å². The summed E-state index contributed by atoms with van der Waals surface area (Å²) in [4.78, 5) is 16.4. The van der Waals surface area contributed by atoms with Crippen LogP contribution in [0.3, 0.4) is 0 Å². The minimum absolute atomic E-state index is 0.183. The van der Waals surface area contributed by atoms with Crippen LogP contribution in [0.5, 0.6) is 0 Å². The number of carbonyl (C=O) groups is 1. The van der Waals surface area contributed by atoms with Crippen molar-refractivity contribution in [3.05, 3.63) is 21.9 Å². The molecule has 0 aliphatic heterocycles. The van der Waals surface area contributed by atoms with E-state index in [1.165, 1.54) is 4.88 Å². The highest BCUT2D eigenvalue weighted by Crippen LogP contribution is 2.19. The van der Waals surface area contributed by atoms with E-state index in [-0.39, 0.29) is 5.91 Å². The van der Waals surface area contributed by atoms with Crippen molar-refractivity contribution in [3.63, 3.8) is 0 Å². The van der Waals surface area contributed by atoms with E-state index < -0.39 is 0 Å². The van der Waals surface area contributed by atoms with Gasteiger partial charge in [-0.05, 0) is 25.0 Å². The molecule has 0 aliphatic rings. The molecule has 0 spiro atoms. The Labute approximate surface area is 116 Å². The first kappa shape index (κ1) is 14.7. The molecule has 1 heterocycles. The van der Waals surface area contributed by atoms with Gasteiger partial charge in [0.25, 0.3) is 5.91 Å². The summed E-state index contributed by atoms with van der Waals surface area (Å²) in [6.45, 7) is 5.92. The fourth-order valence-corrected chi connectivity index (χ4v) is 2.95. The van der Waals surface area contributed by atoms with Gasteiger partial charge in [-0.1, -0.05) is 36.2 Å². The van der Waals surface area contributed by atoms with E-state index in [2.05, 4.69) is 35.8 Å². The molecule has 0 saturated heterocycles. The van der Waals surface area contributed by atoms with Gasteiger partial charge in [-0.15, -0.1) is 11.3 Å². The molecular weight excluding hydrogens is 298 g/mol. The predicted octanol–water partition coefficient (Wildman–Crippen LogP) is 3.95. The van der Waals surface area contributed by atoms with E-state index in [1.807, 2.05) is 11.0 Å². The van der Waals surface area contributed by atoms with E-state index in [1.54, 1.807) is 11.3 Å². The Morgan fingerprint density at radius 1 is 1.35 bits per heavy atom. The van der Waals surface area contributed by atoms with Crippen molar-refractivity contribution < 1.29 is 4.79 Å². The highest BCUT2D eigenvalue weighted by atomic mass is 79.9. The van der Waals surface area contributed by atoms with Crippen molar-refractivity contribution >= 4 is 33.2 Å². The number of amides is 1. The number of halogens is 1. The van der Waals surface area contributed by atoms with Crippen LogP contribution in [-0.4, -0.2) is 29.2 Å². The topological polar surface area (TPSA) is 20.3 Å². The summed E-state index contributed by atoms with van der Waals surface area (Å²) in [6.07, 6.45) is 3.20. The summed E-state index contributed by atoms with van der Waals surface area (Å²) < 4.78 is 0. The lowest BCUT2D eigenvalue weighted by Gasteiger charge is -2.20. The maximum absolute atomic E-state index is 12.3. The number of rotatable bonds is 7. The highest BCUT2D eigenvalue weighted by molar-refractivity contribution is 9.09. The molecule has 0 fully saturated rings. The van der Waals surface area contributed by atoms with E-state index in [0.29, 0.717) is 0 Å². The third-order valence-corrected chi connectivity index (χ3v) is 4.22. The summed E-state index contributed by atoms with van der Waals surface area (Å²) in [7, 11) is 0. The average Bonchev–Trinajstić information content (AvgIpc) is 2.82. The van der Waals surface area contributed by atoms with E-state index in [9.17, 15) is 4.79 Å². The average molecular weight is 318 g/mol. The lowest BCUT2D eigenvalue weighted by atomic mass is 10.3. The van der Waals surface area contributed by atoms with Crippen LogP contribution in [0, 0.1) is 0 Å². The normalized spacial score (nSPS) is 10.5.